The number of thiocarbonyl (C=S) groups is 1. The Morgan fingerprint density at radius 1 is 1.30 bits per heavy atom. The van der Waals surface area contributed by atoms with Gasteiger partial charge in [0, 0.05) is 37.6 Å². The van der Waals surface area contributed by atoms with Crippen LogP contribution in [0.25, 0.3) is 0 Å². The van der Waals surface area contributed by atoms with Gasteiger partial charge in [-0.25, -0.2) is 0 Å². The lowest BCUT2D eigenvalue weighted by Crippen LogP contribution is -2.30. The second-order valence-corrected chi connectivity index (χ2v) is 5.31. The second-order valence-electron chi connectivity index (χ2n) is 4.93. The highest BCUT2D eigenvalue weighted by molar-refractivity contribution is 7.80. The maximum atomic E-state index is 5.44. The zero-order valence-corrected chi connectivity index (χ0v) is 13.2. The number of rotatable bonds is 3. The van der Waals surface area contributed by atoms with Crippen molar-refractivity contribution in [3.8, 4) is 0 Å². The van der Waals surface area contributed by atoms with Crippen LogP contribution in [0.1, 0.15) is 17.0 Å². The third-order valence-electron chi connectivity index (χ3n) is 3.43. The van der Waals surface area contributed by atoms with Crippen molar-refractivity contribution in [3.63, 3.8) is 0 Å². The quantitative estimate of drug-likeness (QED) is 0.881. The summed E-state index contributed by atoms with van der Waals surface area (Å²) in [5.41, 5.74) is 4.47. The van der Waals surface area contributed by atoms with Gasteiger partial charge < -0.3 is 10.2 Å². The average molecular weight is 288 g/mol. The smallest absolute Gasteiger partial charge is 0.173 e. The molecule has 0 saturated heterocycles. The molecule has 0 aliphatic heterocycles. The summed E-state index contributed by atoms with van der Waals surface area (Å²) < 4.78 is 1.91. The molecule has 106 valence electrons. The molecule has 0 atom stereocenters. The van der Waals surface area contributed by atoms with E-state index >= 15 is 0 Å². The number of nitrogens with one attached hydrogen (secondary N) is 1. The van der Waals surface area contributed by atoms with Gasteiger partial charge in [0.05, 0.1) is 5.69 Å². The van der Waals surface area contributed by atoms with Gasteiger partial charge in [0.2, 0.25) is 0 Å². The summed E-state index contributed by atoms with van der Waals surface area (Å²) in [5, 5.41) is 8.38. The fourth-order valence-corrected chi connectivity index (χ4v) is 2.28. The number of para-hydroxylation sites is 1. The van der Waals surface area contributed by atoms with Crippen molar-refractivity contribution in [1.82, 2.24) is 14.7 Å². The number of hydrogen-bond donors (Lipinski definition) is 1. The highest BCUT2D eigenvalue weighted by atomic mass is 32.1. The first-order valence-corrected chi connectivity index (χ1v) is 6.96. The highest BCUT2D eigenvalue weighted by Gasteiger charge is 2.13. The molecule has 2 rings (SSSR count). The molecule has 1 N–H and O–H groups in total. The maximum absolute atomic E-state index is 5.44. The Bertz CT molecular complexity index is 604. The molecular formula is C15H20N4S. The highest BCUT2D eigenvalue weighted by Crippen LogP contribution is 2.15. The van der Waals surface area contributed by atoms with Gasteiger partial charge in [0.15, 0.2) is 5.11 Å². The number of aryl methyl sites for hydroxylation is 2. The van der Waals surface area contributed by atoms with Crippen LogP contribution in [-0.4, -0.2) is 26.8 Å². The summed E-state index contributed by atoms with van der Waals surface area (Å²) in [7, 11) is 3.95. The molecule has 0 bridgehead atoms. The minimum atomic E-state index is 0.707. The van der Waals surface area contributed by atoms with Gasteiger partial charge in [-0.15, -0.1) is 0 Å². The average Bonchev–Trinajstić information content (AvgIpc) is 2.66. The van der Waals surface area contributed by atoms with E-state index in [9.17, 15) is 0 Å². The van der Waals surface area contributed by atoms with Crippen molar-refractivity contribution < 1.29 is 0 Å². The molecule has 0 aliphatic rings. The topological polar surface area (TPSA) is 33.1 Å². The summed E-state index contributed by atoms with van der Waals surface area (Å²) in [6, 6.07) is 9.96. The molecule has 1 heterocycles. The van der Waals surface area contributed by atoms with Crippen LogP contribution < -0.4 is 5.32 Å². The van der Waals surface area contributed by atoms with Crippen LogP contribution in [-0.2, 0) is 13.6 Å². The molecule has 5 heteroatoms. The summed E-state index contributed by atoms with van der Waals surface area (Å²) >= 11 is 5.44. The first kappa shape index (κ1) is 14.5. The molecule has 0 saturated carbocycles. The molecule has 0 radical (unpaired) electrons. The lowest BCUT2D eigenvalue weighted by Gasteiger charge is -2.21. The van der Waals surface area contributed by atoms with E-state index in [4.69, 9.17) is 12.2 Å². The zero-order valence-electron chi connectivity index (χ0n) is 12.3. The van der Waals surface area contributed by atoms with E-state index in [1.54, 1.807) is 0 Å². The van der Waals surface area contributed by atoms with Crippen LogP contribution in [0.2, 0.25) is 0 Å². The Morgan fingerprint density at radius 3 is 2.50 bits per heavy atom. The van der Waals surface area contributed by atoms with Crippen LogP contribution >= 0.6 is 12.2 Å². The molecule has 1 aromatic carbocycles. The van der Waals surface area contributed by atoms with Gasteiger partial charge in [0.1, 0.15) is 0 Å². The van der Waals surface area contributed by atoms with Crippen molar-refractivity contribution in [3.05, 3.63) is 47.3 Å². The van der Waals surface area contributed by atoms with Crippen molar-refractivity contribution in [2.24, 2.45) is 7.05 Å². The van der Waals surface area contributed by atoms with Crippen LogP contribution in [0.3, 0.4) is 0 Å². The summed E-state index contributed by atoms with van der Waals surface area (Å²) in [6.07, 6.45) is 0. The lowest BCUT2D eigenvalue weighted by atomic mass is 10.2. The third-order valence-corrected chi connectivity index (χ3v) is 3.84. The normalized spacial score (nSPS) is 10.4. The van der Waals surface area contributed by atoms with Crippen molar-refractivity contribution in [2.75, 3.05) is 12.4 Å². The number of hydrogen-bond acceptors (Lipinski definition) is 2. The van der Waals surface area contributed by atoms with Gasteiger partial charge in [0.25, 0.3) is 0 Å². The summed E-state index contributed by atoms with van der Waals surface area (Å²) in [4.78, 5) is 2.03. The SMILES string of the molecule is Cc1nn(C)c(C)c1CN(C)C(=S)Nc1ccccc1. The van der Waals surface area contributed by atoms with Gasteiger partial charge in [-0.1, -0.05) is 18.2 Å². The van der Waals surface area contributed by atoms with Crippen LogP contribution in [0.5, 0.6) is 0 Å². The maximum Gasteiger partial charge on any atom is 0.173 e. The van der Waals surface area contributed by atoms with E-state index in [0.29, 0.717) is 5.11 Å². The molecule has 0 aliphatic carbocycles. The standard InChI is InChI=1S/C15H20N4S/c1-11-14(12(2)19(4)17-11)10-18(3)15(20)16-13-8-6-5-7-9-13/h5-9H,10H2,1-4H3,(H,16,20). The minimum Gasteiger partial charge on any atom is -0.348 e. The number of anilines is 1. The Labute approximate surface area is 125 Å². The molecular weight excluding hydrogens is 268 g/mol. The van der Waals surface area contributed by atoms with E-state index in [2.05, 4.69) is 17.3 Å². The lowest BCUT2D eigenvalue weighted by molar-refractivity contribution is 0.505. The van der Waals surface area contributed by atoms with Gasteiger partial charge in [-0.2, -0.15) is 5.10 Å². The Kier molecular flexibility index (Phi) is 4.39. The fraction of sp³-hybridized carbons (Fsp3) is 0.333. The molecule has 0 spiro atoms. The van der Waals surface area contributed by atoms with Gasteiger partial charge in [-0.05, 0) is 38.2 Å². The predicted molar refractivity (Wildman–Crippen MR) is 86.8 cm³/mol. The number of nitrogens with zero attached hydrogens (tertiary/aromatic N) is 3. The van der Waals surface area contributed by atoms with E-state index < -0.39 is 0 Å². The second kappa shape index (κ2) is 6.05. The Morgan fingerprint density at radius 2 is 1.95 bits per heavy atom. The molecule has 2 aromatic rings. The van der Waals surface area contributed by atoms with Crippen molar-refractivity contribution >= 4 is 23.0 Å². The monoisotopic (exact) mass is 288 g/mol. The summed E-state index contributed by atoms with van der Waals surface area (Å²) in [6.45, 7) is 4.87. The molecule has 0 amide bonds. The summed E-state index contributed by atoms with van der Waals surface area (Å²) in [5.74, 6) is 0. The first-order chi connectivity index (χ1) is 9.49. The van der Waals surface area contributed by atoms with Gasteiger partial charge in [-0.3, -0.25) is 4.68 Å². The molecule has 4 nitrogen and oxygen atoms in total. The van der Waals surface area contributed by atoms with Gasteiger partial charge >= 0.3 is 0 Å². The first-order valence-electron chi connectivity index (χ1n) is 6.55. The molecule has 0 unspecified atom stereocenters. The number of aromatic nitrogens is 2. The van der Waals surface area contributed by atoms with Crippen molar-refractivity contribution in [1.29, 1.82) is 0 Å². The molecule has 0 fully saturated rings. The van der Waals surface area contributed by atoms with E-state index in [0.717, 1.165) is 17.9 Å². The third kappa shape index (κ3) is 3.17. The fourth-order valence-electron chi connectivity index (χ4n) is 2.10. The van der Waals surface area contributed by atoms with E-state index in [-0.39, 0.29) is 0 Å². The van der Waals surface area contributed by atoms with E-state index in [1.807, 2.05) is 60.9 Å². The zero-order chi connectivity index (χ0) is 14.7. The van der Waals surface area contributed by atoms with Crippen LogP contribution in [0, 0.1) is 13.8 Å². The molecule has 1 aromatic heterocycles. The van der Waals surface area contributed by atoms with E-state index in [1.165, 1.54) is 11.3 Å². The Hall–Kier alpha value is -1.88. The largest absolute Gasteiger partial charge is 0.348 e. The minimum absolute atomic E-state index is 0.707. The molecule has 20 heavy (non-hydrogen) atoms. The van der Waals surface area contributed by atoms with Crippen LogP contribution in [0.15, 0.2) is 30.3 Å². The predicted octanol–water partition coefficient (Wildman–Crippen LogP) is 2.87. The Balaban J connectivity index is 2.04. The van der Waals surface area contributed by atoms with Crippen molar-refractivity contribution in [2.45, 2.75) is 20.4 Å². The number of benzene rings is 1. The van der Waals surface area contributed by atoms with Crippen LogP contribution in [0.4, 0.5) is 5.69 Å².